The Labute approximate surface area is 125 Å². The highest BCUT2D eigenvalue weighted by molar-refractivity contribution is 5.96. The normalized spacial score (nSPS) is 12.6. The monoisotopic (exact) mass is 290 g/mol. The van der Waals surface area contributed by atoms with E-state index < -0.39 is 0 Å². The maximum absolute atomic E-state index is 12.0. The van der Waals surface area contributed by atoms with Gasteiger partial charge in [0, 0.05) is 25.1 Å². The van der Waals surface area contributed by atoms with E-state index in [0.717, 1.165) is 4.90 Å². The van der Waals surface area contributed by atoms with E-state index >= 15 is 0 Å². The molecule has 0 aliphatic heterocycles. The van der Waals surface area contributed by atoms with Gasteiger partial charge in [0.1, 0.15) is 0 Å². The lowest BCUT2D eigenvalue weighted by Crippen LogP contribution is -2.34. The van der Waals surface area contributed by atoms with E-state index in [0.29, 0.717) is 18.4 Å². The Kier molecular flexibility index (Phi) is 9.17. The molecular weight excluding hydrogens is 268 g/mol. The van der Waals surface area contributed by atoms with Crippen LogP contribution in [0.4, 0.5) is 0 Å². The minimum Gasteiger partial charge on any atom is -0.350 e. The van der Waals surface area contributed by atoms with E-state index in [-0.39, 0.29) is 24.3 Å². The highest BCUT2D eigenvalue weighted by Crippen LogP contribution is 2.03. The van der Waals surface area contributed by atoms with Gasteiger partial charge in [-0.2, -0.15) is 0 Å². The van der Waals surface area contributed by atoms with E-state index in [9.17, 15) is 14.4 Å². The van der Waals surface area contributed by atoms with Gasteiger partial charge in [0.15, 0.2) is 0 Å². The van der Waals surface area contributed by atoms with Crippen molar-refractivity contribution in [1.82, 2.24) is 10.2 Å². The number of nitrogens with zero attached hydrogens (tertiary/aromatic N) is 1. The molecule has 1 N–H and O–H groups in total. The topological polar surface area (TPSA) is 66.5 Å². The van der Waals surface area contributed by atoms with Crippen molar-refractivity contribution < 1.29 is 14.4 Å². The van der Waals surface area contributed by atoms with Crippen molar-refractivity contribution in [3.05, 3.63) is 49.1 Å². The van der Waals surface area contributed by atoms with Crippen molar-refractivity contribution in [3.8, 4) is 0 Å². The molecule has 0 aromatic rings. The molecule has 0 aliphatic rings. The Morgan fingerprint density at radius 2 is 1.95 bits per heavy atom. The Hall–Kier alpha value is -2.43. The van der Waals surface area contributed by atoms with Crippen molar-refractivity contribution in [3.63, 3.8) is 0 Å². The van der Waals surface area contributed by atoms with E-state index in [4.69, 9.17) is 0 Å². The van der Waals surface area contributed by atoms with Crippen LogP contribution in [-0.4, -0.2) is 36.2 Å². The lowest BCUT2D eigenvalue weighted by atomic mass is 10.1. The smallest absolute Gasteiger partial charge is 0.251 e. The number of carbonyl (C=O) groups is 3. The van der Waals surface area contributed by atoms with Crippen LogP contribution in [0.25, 0.3) is 0 Å². The average Bonchev–Trinajstić information content (AvgIpc) is 2.47. The Morgan fingerprint density at radius 3 is 2.48 bits per heavy atom. The van der Waals surface area contributed by atoms with Crippen LogP contribution in [0.3, 0.4) is 0 Å². The molecule has 1 unspecified atom stereocenters. The first-order valence-corrected chi connectivity index (χ1v) is 6.59. The van der Waals surface area contributed by atoms with Gasteiger partial charge in [0.25, 0.3) is 5.91 Å². The summed E-state index contributed by atoms with van der Waals surface area (Å²) < 4.78 is 0. The number of imide groups is 1. The van der Waals surface area contributed by atoms with Gasteiger partial charge in [-0.25, -0.2) is 0 Å². The zero-order valence-electron chi connectivity index (χ0n) is 12.5. The predicted octanol–water partition coefficient (Wildman–Crippen LogP) is 1.74. The van der Waals surface area contributed by atoms with E-state index in [1.165, 1.54) is 13.1 Å². The first-order chi connectivity index (χ1) is 9.96. The van der Waals surface area contributed by atoms with Crippen LogP contribution in [0.15, 0.2) is 49.1 Å². The van der Waals surface area contributed by atoms with Crippen LogP contribution in [0.2, 0.25) is 0 Å². The summed E-state index contributed by atoms with van der Waals surface area (Å²) in [4.78, 5) is 34.9. The number of hydrogen-bond donors (Lipinski definition) is 1. The third kappa shape index (κ3) is 7.67. The molecule has 1 atom stereocenters. The number of carbonyl (C=O) groups excluding carboxylic acids is 3. The molecule has 0 spiro atoms. The minimum absolute atomic E-state index is 0.188. The van der Waals surface area contributed by atoms with Gasteiger partial charge >= 0.3 is 0 Å². The molecule has 0 aromatic heterocycles. The van der Waals surface area contributed by atoms with Crippen molar-refractivity contribution in [2.45, 2.75) is 25.8 Å². The maximum Gasteiger partial charge on any atom is 0.251 e. The number of allylic oxidation sites excluding steroid dienone is 4. The second kappa shape index (κ2) is 10.4. The zero-order valence-corrected chi connectivity index (χ0v) is 12.5. The fraction of sp³-hybridized carbons (Fsp3) is 0.312. The molecule has 114 valence electrons. The molecule has 0 heterocycles. The highest BCUT2D eigenvalue weighted by Gasteiger charge is 2.13. The number of nitrogens with one attached hydrogen (secondary N) is 1. The summed E-state index contributed by atoms with van der Waals surface area (Å²) in [6.07, 6.45) is 9.08. The molecule has 0 radical (unpaired) electrons. The fourth-order valence-electron chi connectivity index (χ4n) is 1.46. The first-order valence-electron chi connectivity index (χ1n) is 6.59. The van der Waals surface area contributed by atoms with Crippen LogP contribution in [0, 0.1) is 0 Å². The molecule has 21 heavy (non-hydrogen) atoms. The van der Waals surface area contributed by atoms with Crippen molar-refractivity contribution in [1.29, 1.82) is 0 Å². The SMILES string of the molecule is C=CC=C(/C=C\C=C)C(=O)NC(C)CCC(=O)N(C)C=O. The minimum atomic E-state index is -0.278. The summed E-state index contributed by atoms with van der Waals surface area (Å²) in [5.74, 6) is -0.531. The summed E-state index contributed by atoms with van der Waals surface area (Å²) in [5, 5.41) is 2.79. The molecule has 0 saturated carbocycles. The molecule has 0 aliphatic carbocycles. The molecule has 3 amide bonds. The maximum atomic E-state index is 12.0. The van der Waals surface area contributed by atoms with Crippen LogP contribution >= 0.6 is 0 Å². The lowest BCUT2D eigenvalue weighted by molar-refractivity contribution is -0.136. The third-order valence-corrected chi connectivity index (χ3v) is 2.69. The first kappa shape index (κ1) is 18.6. The Bertz CT molecular complexity index is 464. The second-order valence-electron chi connectivity index (χ2n) is 4.48. The summed E-state index contributed by atoms with van der Waals surface area (Å²) in [5.41, 5.74) is 0.452. The van der Waals surface area contributed by atoms with Crippen molar-refractivity contribution >= 4 is 18.2 Å². The van der Waals surface area contributed by atoms with E-state index in [1.54, 1.807) is 31.2 Å². The fourth-order valence-corrected chi connectivity index (χ4v) is 1.46. The Balaban J connectivity index is 4.48. The van der Waals surface area contributed by atoms with Crippen LogP contribution in [-0.2, 0) is 14.4 Å². The molecule has 0 fully saturated rings. The number of hydrogen-bond acceptors (Lipinski definition) is 3. The largest absolute Gasteiger partial charge is 0.350 e. The van der Waals surface area contributed by atoms with Gasteiger partial charge < -0.3 is 5.32 Å². The lowest BCUT2D eigenvalue weighted by Gasteiger charge is -2.15. The number of rotatable bonds is 9. The van der Waals surface area contributed by atoms with Gasteiger partial charge in [-0.1, -0.05) is 37.5 Å². The van der Waals surface area contributed by atoms with E-state index in [2.05, 4.69) is 18.5 Å². The third-order valence-electron chi connectivity index (χ3n) is 2.69. The summed E-state index contributed by atoms with van der Waals surface area (Å²) in [6.45, 7) is 8.90. The molecule has 5 nitrogen and oxygen atoms in total. The molecule has 0 aromatic carbocycles. The highest BCUT2D eigenvalue weighted by atomic mass is 16.2. The van der Waals surface area contributed by atoms with Gasteiger partial charge in [-0.15, -0.1) is 0 Å². The van der Waals surface area contributed by atoms with Gasteiger partial charge in [-0.3, -0.25) is 19.3 Å². The second-order valence-corrected chi connectivity index (χ2v) is 4.48. The van der Waals surface area contributed by atoms with Gasteiger partial charge in [0.05, 0.1) is 0 Å². The Morgan fingerprint density at radius 1 is 1.29 bits per heavy atom. The number of amides is 3. The molecular formula is C16H22N2O3. The standard InChI is InChI=1S/C16H22N2O3/c1-5-7-9-14(8-6-2)16(21)17-13(3)10-11-15(20)18(4)12-19/h5-9,12-13H,1-2,10-11H2,3-4H3,(H,17,21)/b9-7-,14-8?. The summed E-state index contributed by atoms with van der Waals surface area (Å²) >= 11 is 0. The predicted molar refractivity (Wildman–Crippen MR) is 83.3 cm³/mol. The van der Waals surface area contributed by atoms with Crippen LogP contribution in [0.1, 0.15) is 19.8 Å². The zero-order chi connectivity index (χ0) is 16.3. The van der Waals surface area contributed by atoms with E-state index in [1.807, 2.05) is 0 Å². The van der Waals surface area contributed by atoms with Gasteiger partial charge in [0.2, 0.25) is 12.3 Å². The van der Waals surface area contributed by atoms with Crippen molar-refractivity contribution in [2.75, 3.05) is 7.05 Å². The van der Waals surface area contributed by atoms with Crippen molar-refractivity contribution in [2.24, 2.45) is 0 Å². The van der Waals surface area contributed by atoms with Crippen LogP contribution < -0.4 is 5.32 Å². The quantitative estimate of drug-likeness (QED) is 0.399. The molecule has 0 bridgehead atoms. The van der Waals surface area contributed by atoms with Gasteiger partial charge in [-0.05, 0) is 19.4 Å². The average molecular weight is 290 g/mol. The molecule has 0 saturated heterocycles. The summed E-state index contributed by atoms with van der Waals surface area (Å²) in [6, 6.07) is -0.188. The molecule has 0 rings (SSSR count). The molecule has 5 heteroatoms. The van der Waals surface area contributed by atoms with Crippen LogP contribution in [0.5, 0.6) is 0 Å². The summed E-state index contributed by atoms with van der Waals surface area (Å²) in [7, 11) is 1.41.